The van der Waals surface area contributed by atoms with Gasteiger partial charge in [0.25, 0.3) is 0 Å². The summed E-state index contributed by atoms with van der Waals surface area (Å²) in [7, 11) is 1.97. The summed E-state index contributed by atoms with van der Waals surface area (Å²) in [5, 5.41) is 7.58. The van der Waals surface area contributed by atoms with Crippen LogP contribution >= 0.6 is 11.3 Å². The van der Waals surface area contributed by atoms with Crippen LogP contribution in [0.2, 0.25) is 0 Å². The number of rotatable bonds is 6. The van der Waals surface area contributed by atoms with Gasteiger partial charge >= 0.3 is 0 Å². The number of hydrogen-bond donors (Lipinski definition) is 1. The Hall–Kier alpha value is -1.91. The maximum Gasteiger partial charge on any atom is 0.134 e. The summed E-state index contributed by atoms with van der Waals surface area (Å²) < 4.78 is 6.39. The van der Waals surface area contributed by atoms with Crippen LogP contribution < -0.4 is 10.1 Å². The van der Waals surface area contributed by atoms with E-state index in [4.69, 9.17) is 4.74 Å². The van der Waals surface area contributed by atoms with Crippen molar-refractivity contribution in [3.63, 3.8) is 0 Å². The van der Waals surface area contributed by atoms with Gasteiger partial charge in [-0.25, -0.2) is 0 Å². The quantitative estimate of drug-likeness (QED) is 0.735. The van der Waals surface area contributed by atoms with Crippen LogP contribution in [0.3, 0.4) is 0 Å². The molecule has 114 valence electrons. The van der Waals surface area contributed by atoms with Gasteiger partial charge < -0.3 is 10.1 Å². The second-order valence-electron chi connectivity index (χ2n) is 5.26. The average molecular weight is 312 g/mol. The fraction of sp³-hybridized carbons (Fsp3) is 0.278. The molecule has 4 heteroatoms. The normalized spacial score (nSPS) is 12.5. The molecule has 1 atom stereocenters. The third-order valence-corrected chi connectivity index (χ3v) is 4.69. The third kappa shape index (κ3) is 3.13. The maximum atomic E-state index is 6.39. The zero-order valence-electron chi connectivity index (χ0n) is 12.9. The van der Waals surface area contributed by atoms with Crippen molar-refractivity contribution in [2.75, 3.05) is 13.6 Å². The Morgan fingerprint density at radius 2 is 2.14 bits per heavy atom. The molecule has 0 fully saturated rings. The van der Waals surface area contributed by atoms with Crippen molar-refractivity contribution in [1.82, 2.24) is 10.3 Å². The zero-order chi connectivity index (χ0) is 15.4. The van der Waals surface area contributed by atoms with Crippen LogP contribution in [-0.4, -0.2) is 18.6 Å². The van der Waals surface area contributed by atoms with Crippen LogP contribution in [0.15, 0.2) is 48.0 Å². The number of ether oxygens (including phenoxy) is 1. The van der Waals surface area contributed by atoms with E-state index < -0.39 is 0 Å². The predicted octanol–water partition coefficient (Wildman–Crippen LogP) is 4.33. The molecule has 3 aromatic rings. The van der Waals surface area contributed by atoms with Crippen molar-refractivity contribution >= 4 is 22.1 Å². The van der Waals surface area contributed by atoms with Gasteiger partial charge in [-0.1, -0.05) is 18.2 Å². The van der Waals surface area contributed by atoms with Gasteiger partial charge in [-0.15, -0.1) is 11.3 Å². The second-order valence-corrected chi connectivity index (χ2v) is 6.24. The molecule has 0 bridgehead atoms. The largest absolute Gasteiger partial charge is 0.484 e. The molecular formula is C18H20N2OS. The van der Waals surface area contributed by atoms with E-state index in [0.717, 1.165) is 29.8 Å². The van der Waals surface area contributed by atoms with E-state index >= 15 is 0 Å². The Morgan fingerprint density at radius 3 is 2.91 bits per heavy atom. The number of aromatic nitrogens is 1. The smallest absolute Gasteiger partial charge is 0.134 e. The van der Waals surface area contributed by atoms with Crippen LogP contribution in [0.5, 0.6) is 5.75 Å². The first-order chi connectivity index (χ1) is 10.8. The monoisotopic (exact) mass is 312 g/mol. The lowest BCUT2D eigenvalue weighted by molar-refractivity contribution is 0.201. The molecule has 1 N–H and O–H groups in total. The Balaban J connectivity index is 1.96. The number of thiophene rings is 1. The van der Waals surface area contributed by atoms with Gasteiger partial charge in [-0.05, 0) is 49.5 Å². The molecule has 0 saturated carbocycles. The Kier molecular flexibility index (Phi) is 4.71. The topological polar surface area (TPSA) is 34.1 Å². The minimum absolute atomic E-state index is 0.0673. The Labute approximate surface area is 135 Å². The second kappa shape index (κ2) is 6.90. The molecule has 0 spiro atoms. The van der Waals surface area contributed by atoms with Crippen molar-refractivity contribution in [2.45, 2.75) is 19.4 Å². The predicted molar refractivity (Wildman–Crippen MR) is 92.7 cm³/mol. The summed E-state index contributed by atoms with van der Waals surface area (Å²) in [6.45, 7) is 2.95. The molecule has 3 nitrogen and oxygen atoms in total. The van der Waals surface area contributed by atoms with E-state index in [1.54, 1.807) is 11.3 Å². The Bertz CT molecular complexity index is 735. The molecule has 0 amide bonds. The number of nitrogens with one attached hydrogen (secondary N) is 1. The molecule has 0 unspecified atom stereocenters. The summed E-state index contributed by atoms with van der Waals surface area (Å²) in [4.78, 5) is 5.67. The maximum absolute atomic E-state index is 6.39. The highest BCUT2D eigenvalue weighted by Crippen LogP contribution is 2.33. The van der Waals surface area contributed by atoms with Crippen LogP contribution in [0.4, 0.5) is 0 Å². The molecule has 2 heterocycles. The number of hydrogen-bond acceptors (Lipinski definition) is 4. The summed E-state index contributed by atoms with van der Waals surface area (Å²) >= 11 is 1.74. The minimum Gasteiger partial charge on any atom is -0.484 e. The van der Waals surface area contributed by atoms with Gasteiger partial charge in [0.05, 0.1) is 0 Å². The first kappa shape index (κ1) is 15.0. The van der Waals surface area contributed by atoms with Crippen LogP contribution in [0.25, 0.3) is 10.8 Å². The lowest BCUT2D eigenvalue weighted by atomic mass is 10.1. The minimum atomic E-state index is 0.0673. The van der Waals surface area contributed by atoms with Gasteiger partial charge in [-0.3, -0.25) is 4.98 Å². The number of aryl methyl sites for hydroxylation is 1. The van der Waals surface area contributed by atoms with Crippen molar-refractivity contribution in [1.29, 1.82) is 0 Å². The molecule has 0 saturated heterocycles. The van der Waals surface area contributed by atoms with E-state index in [-0.39, 0.29) is 6.10 Å². The average Bonchev–Trinajstić information content (AvgIpc) is 3.06. The molecule has 1 aromatic carbocycles. The third-order valence-electron chi connectivity index (χ3n) is 3.73. The highest BCUT2D eigenvalue weighted by Gasteiger charge is 2.16. The fourth-order valence-electron chi connectivity index (χ4n) is 2.63. The molecule has 22 heavy (non-hydrogen) atoms. The molecule has 0 aliphatic rings. The summed E-state index contributed by atoms with van der Waals surface area (Å²) in [5.41, 5.74) is 1.01. The summed E-state index contributed by atoms with van der Waals surface area (Å²) in [6.07, 6.45) is 2.85. The lowest BCUT2D eigenvalue weighted by Gasteiger charge is -2.19. The van der Waals surface area contributed by atoms with Gasteiger partial charge in [0.15, 0.2) is 0 Å². The van der Waals surface area contributed by atoms with Gasteiger partial charge in [-0.2, -0.15) is 0 Å². The molecule has 0 radical (unpaired) electrons. The standard InChI is InChI=1S/C18H20N2OS/c1-13-18-14(8-11-20-13)5-3-6-16(18)21-15(9-10-19-2)17-7-4-12-22-17/h3-8,11-12,15,19H,9-10H2,1-2H3/t15-/m1/s1. The molecule has 3 rings (SSSR count). The highest BCUT2D eigenvalue weighted by atomic mass is 32.1. The number of benzene rings is 1. The van der Waals surface area contributed by atoms with E-state index in [1.165, 1.54) is 10.3 Å². The highest BCUT2D eigenvalue weighted by molar-refractivity contribution is 7.10. The summed E-state index contributed by atoms with van der Waals surface area (Å²) in [5.74, 6) is 0.914. The SMILES string of the molecule is CNCC[C@@H](Oc1cccc2ccnc(C)c12)c1cccs1. The van der Waals surface area contributed by atoms with Crippen LogP contribution in [0, 0.1) is 6.92 Å². The van der Waals surface area contributed by atoms with Crippen molar-refractivity contribution in [3.05, 3.63) is 58.5 Å². The first-order valence-corrected chi connectivity index (χ1v) is 8.36. The molecule has 2 aromatic heterocycles. The van der Waals surface area contributed by atoms with E-state index in [1.807, 2.05) is 38.4 Å². The van der Waals surface area contributed by atoms with Gasteiger partial charge in [0.2, 0.25) is 0 Å². The van der Waals surface area contributed by atoms with Crippen molar-refractivity contribution in [3.8, 4) is 5.75 Å². The van der Waals surface area contributed by atoms with Gasteiger partial charge in [0.1, 0.15) is 11.9 Å². The number of nitrogens with zero attached hydrogens (tertiary/aromatic N) is 1. The van der Waals surface area contributed by atoms with E-state index in [2.05, 4.69) is 33.9 Å². The number of pyridine rings is 1. The number of fused-ring (bicyclic) bond motifs is 1. The van der Waals surface area contributed by atoms with Gasteiger partial charge in [0, 0.05) is 28.6 Å². The van der Waals surface area contributed by atoms with Crippen LogP contribution in [0.1, 0.15) is 23.1 Å². The van der Waals surface area contributed by atoms with Crippen molar-refractivity contribution in [2.24, 2.45) is 0 Å². The lowest BCUT2D eigenvalue weighted by Crippen LogP contribution is -2.15. The van der Waals surface area contributed by atoms with E-state index in [9.17, 15) is 0 Å². The fourth-order valence-corrected chi connectivity index (χ4v) is 3.42. The molecular weight excluding hydrogens is 292 g/mol. The zero-order valence-corrected chi connectivity index (χ0v) is 13.7. The molecule has 0 aliphatic heterocycles. The van der Waals surface area contributed by atoms with Crippen molar-refractivity contribution < 1.29 is 4.74 Å². The van der Waals surface area contributed by atoms with E-state index in [0.29, 0.717) is 0 Å². The summed E-state index contributed by atoms with van der Waals surface area (Å²) in [6, 6.07) is 12.4. The Morgan fingerprint density at radius 1 is 1.23 bits per heavy atom. The van der Waals surface area contributed by atoms with Crippen LogP contribution in [-0.2, 0) is 0 Å². The first-order valence-electron chi connectivity index (χ1n) is 7.48. The molecule has 0 aliphatic carbocycles.